The summed E-state index contributed by atoms with van der Waals surface area (Å²) in [5, 5.41) is 8.89. The van der Waals surface area contributed by atoms with E-state index in [4.69, 9.17) is 4.74 Å². The van der Waals surface area contributed by atoms with E-state index < -0.39 is 11.9 Å². The molecule has 0 saturated carbocycles. The number of benzene rings is 1. The van der Waals surface area contributed by atoms with Gasteiger partial charge in [-0.1, -0.05) is 30.7 Å². The van der Waals surface area contributed by atoms with Gasteiger partial charge in [-0.3, -0.25) is 14.9 Å². The fraction of sp³-hybridized carbons (Fsp3) is 0.312. The number of nitroso groups, excluding NO2 is 1. The second kappa shape index (κ2) is 8.88. The number of ether oxygens (including phenoxy) is 1. The number of rotatable bonds is 8. The van der Waals surface area contributed by atoms with Crippen LogP contribution in [0.15, 0.2) is 29.6 Å². The average molecular weight is 362 g/mol. The summed E-state index contributed by atoms with van der Waals surface area (Å²) >= 11 is 0.951. The highest BCUT2D eigenvalue weighted by atomic mass is 32.1. The van der Waals surface area contributed by atoms with Gasteiger partial charge in [-0.15, -0.1) is 4.91 Å². The maximum absolute atomic E-state index is 12.5. The first-order valence-electron chi connectivity index (χ1n) is 7.71. The Balaban J connectivity index is 2.27. The predicted molar refractivity (Wildman–Crippen MR) is 96.7 cm³/mol. The second-order valence-corrected chi connectivity index (χ2v) is 6.11. The van der Waals surface area contributed by atoms with Gasteiger partial charge in [0.1, 0.15) is 0 Å². The number of carbonyl (C=O) groups excluding carboxylic acids is 2. The molecule has 1 heterocycles. The number of hydrogen-bond acceptors (Lipinski definition) is 8. The maximum atomic E-state index is 12.5. The largest absolute Gasteiger partial charge is 0.424 e. The highest BCUT2D eigenvalue weighted by Gasteiger charge is 2.19. The molecule has 25 heavy (non-hydrogen) atoms. The Hall–Kier alpha value is -2.81. The van der Waals surface area contributed by atoms with E-state index in [1.807, 2.05) is 0 Å². The summed E-state index contributed by atoms with van der Waals surface area (Å²) in [6.45, 7) is 4.03. The zero-order valence-corrected chi connectivity index (χ0v) is 14.7. The number of unbranched alkanes of at least 4 members (excludes halogenated alkanes) is 1. The number of esters is 1. The van der Waals surface area contributed by atoms with Crippen LogP contribution in [0.2, 0.25) is 0 Å². The Kier molecular flexibility index (Phi) is 6.58. The zero-order chi connectivity index (χ0) is 18.2. The number of para-hydroxylation sites is 1. The molecule has 0 aliphatic carbocycles. The Bertz CT molecular complexity index is 775. The van der Waals surface area contributed by atoms with Crippen molar-refractivity contribution in [1.82, 2.24) is 4.98 Å². The van der Waals surface area contributed by atoms with Crippen molar-refractivity contribution in [2.24, 2.45) is 5.18 Å². The molecule has 2 rings (SSSR count). The first kappa shape index (κ1) is 18.5. The van der Waals surface area contributed by atoms with Crippen molar-refractivity contribution < 1.29 is 14.3 Å². The van der Waals surface area contributed by atoms with E-state index in [1.165, 1.54) is 13.1 Å². The molecule has 2 aromatic rings. The maximum Gasteiger partial charge on any atom is 0.308 e. The lowest BCUT2D eigenvalue weighted by Gasteiger charge is -2.14. The molecule has 1 amide bonds. The molecule has 0 spiro atoms. The van der Waals surface area contributed by atoms with Gasteiger partial charge < -0.3 is 10.1 Å². The van der Waals surface area contributed by atoms with Crippen LogP contribution < -0.4 is 15.4 Å². The van der Waals surface area contributed by atoms with Crippen molar-refractivity contribution in [3.8, 4) is 5.75 Å². The molecule has 8 nitrogen and oxygen atoms in total. The quantitative estimate of drug-likeness (QED) is 0.319. The lowest BCUT2D eigenvalue weighted by atomic mass is 10.1. The smallest absolute Gasteiger partial charge is 0.308 e. The summed E-state index contributed by atoms with van der Waals surface area (Å²) in [5.41, 5.74) is 0.748. The fourth-order valence-electron chi connectivity index (χ4n) is 2.04. The van der Waals surface area contributed by atoms with Crippen LogP contribution in [0.4, 0.5) is 15.8 Å². The number of carbonyl (C=O) groups is 2. The van der Waals surface area contributed by atoms with Crippen LogP contribution in [0.3, 0.4) is 0 Å². The number of hydrogen-bond donors (Lipinski definition) is 2. The van der Waals surface area contributed by atoms with Gasteiger partial charge in [0, 0.05) is 13.5 Å². The third kappa shape index (κ3) is 5.08. The minimum atomic E-state index is -0.527. The molecule has 0 bridgehead atoms. The van der Waals surface area contributed by atoms with E-state index in [1.54, 1.807) is 18.2 Å². The number of amides is 1. The zero-order valence-electron chi connectivity index (χ0n) is 13.9. The number of nitrogens with zero attached hydrogens (tertiary/aromatic N) is 2. The van der Waals surface area contributed by atoms with E-state index in [0.717, 1.165) is 24.2 Å². The van der Waals surface area contributed by atoms with Gasteiger partial charge in [0.15, 0.2) is 15.9 Å². The molecule has 0 saturated heterocycles. The highest BCUT2D eigenvalue weighted by molar-refractivity contribution is 7.19. The van der Waals surface area contributed by atoms with E-state index in [0.29, 0.717) is 12.2 Å². The summed E-state index contributed by atoms with van der Waals surface area (Å²) in [6.07, 6.45) is 3.22. The molecule has 2 N–H and O–H groups in total. The predicted octanol–water partition coefficient (Wildman–Crippen LogP) is 3.93. The van der Waals surface area contributed by atoms with Crippen LogP contribution in [-0.2, 0) is 4.79 Å². The third-order valence-electron chi connectivity index (χ3n) is 3.16. The van der Waals surface area contributed by atoms with Crippen molar-refractivity contribution in [3.05, 3.63) is 34.9 Å². The minimum Gasteiger partial charge on any atom is -0.424 e. The first-order chi connectivity index (χ1) is 12.0. The molecule has 132 valence electrons. The van der Waals surface area contributed by atoms with Gasteiger partial charge >= 0.3 is 5.97 Å². The molecular formula is C16H18N4O4S. The van der Waals surface area contributed by atoms with E-state index in [9.17, 15) is 14.5 Å². The molecule has 0 atom stereocenters. The van der Waals surface area contributed by atoms with Crippen LogP contribution in [0.5, 0.6) is 5.75 Å². The number of thiazole rings is 1. The van der Waals surface area contributed by atoms with E-state index >= 15 is 0 Å². The van der Waals surface area contributed by atoms with Crippen molar-refractivity contribution in [1.29, 1.82) is 0 Å². The SMILES string of the molecule is CCCCNc1cccc(C(=O)Nc2ncc(N=O)s2)c1OC(C)=O. The number of nitrogens with one attached hydrogen (secondary N) is 2. The lowest BCUT2D eigenvalue weighted by Crippen LogP contribution is -2.16. The van der Waals surface area contributed by atoms with Crippen molar-refractivity contribution in [3.63, 3.8) is 0 Å². The minimum absolute atomic E-state index is 0.158. The third-order valence-corrected chi connectivity index (χ3v) is 3.95. The van der Waals surface area contributed by atoms with Crippen molar-refractivity contribution >= 4 is 39.0 Å². The van der Waals surface area contributed by atoms with Gasteiger partial charge in [0.05, 0.1) is 17.4 Å². The summed E-state index contributed by atoms with van der Waals surface area (Å²) in [7, 11) is 0. The Morgan fingerprint density at radius 3 is 2.80 bits per heavy atom. The summed E-state index contributed by atoms with van der Waals surface area (Å²) < 4.78 is 5.24. The van der Waals surface area contributed by atoms with Gasteiger partial charge in [0.25, 0.3) is 5.91 Å². The normalized spacial score (nSPS) is 10.2. The number of aromatic nitrogens is 1. The van der Waals surface area contributed by atoms with Crippen LogP contribution in [-0.4, -0.2) is 23.4 Å². The fourth-order valence-corrected chi connectivity index (χ4v) is 2.63. The lowest BCUT2D eigenvalue weighted by molar-refractivity contribution is -0.131. The molecule has 1 aromatic heterocycles. The summed E-state index contributed by atoms with van der Waals surface area (Å²) in [5.74, 6) is -0.864. The van der Waals surface area contributed by atoms with Gasteiger partial charge in [-0.25, -0.2) is 4.98 Å². The van der Waals surface area contributed by atoms with Crippen LogP contribution in [0.25, 0.3) is 0 Å². The van der Waals surface area contributed by atoms with Gasteiger partial charge in [-0.2, -0.15) is 0 Å². The van der Waals surface area contributed by atoms with Crippen LogP contribution in [0.1, 0.15) is 37.0 Å². The molecule has 1 aromatic carbocycles. The highest BCUT2D eigenvalue weighted by Crippen LogP contribution is 2.31. The van der Waals surface area contributed by atoms with E-state index in [-0.39, 0.29) is 21.4 Å². The standard InChI is InChI=1S/C16H18N4O4S/c1-3-4-8-17-12-7-5-6-11(14(12)24-10(2)21)15(22)19-16-18-9-13(20-23)25-16/h5-7,9,17H,3-4,8H2,1-2H3,(H,18,19,22). The molecule has 0 unspecified atom stereocenters. The summed E-state index contributed by atoms with van der Waals surface area (Å²) in [6, 6.07) is 4.98. The van der Waals surface area contributed by atoms with Gasteiger partial charge in [0.2, 0.25) is 0 Å². The molecular weight excluding hydrogens is 344 g/mol. The molecule has 0 fully saturated rings. The first-order valence-corrected chi connectivity index (χ1v) is 8.52. The molecule has 0 radical (unpaired) electrons. The van der Waals surface area contributed by atoms with Crippen LogP contribution >= 0.6 is 11.3 Å². The number of anilines is 2. The van der Waals surface area contributed by atoms with Crippen molar-refractivity contribution in [2.75, 3.05) is 17.2 Å². The van der Waals surface area contributed by atoms with Crippen LogP contribution in [0, 0.1) is 4.91 Å². The Morgan fingerprint density at radius 1 is 1.36 bits per heavy atom. The van der Waals surface area contributed by atoms with Crippen molar-refractivity contribution in [2.45, 2.75) is 26.7 Å². The van der Waals surface area contributed by atoms with Gasteiger partial charge in [-0.05, 0) is 23.7 Å². The Labute approximate surface area is 148 Å². The monoisotopic (exact) mass is 362 g/mol. The second-order valence-electron chi connectivity index (χ2n) is 5.11. The summed E-state index contributed by atoms with van der Waals surface area (Å²) in [4.78, 5) is 38.3. The Morgan fingerprint density at radius 2 is 2.16 bits per heavy atom. The molecule has 0 aliphatic heterocycles. The molecule has 9 heteroatoms. The van der Waals surface area contributed by atoms with E-state index in [2.05, 4.69) is 27.7 Å². The molecule has 0 aliphatic rings. The topological polar surface area (TPSA) is 110 Å². The average Bonchev–Trinajstić information content (AvgIpc) is 3.03.